The molecule has 4 N–H and O–H groups in total. The maximum atomic E-state index is 11.2. The summed E-state index contributed by atoms with van der Waals surface area (Å²) in [5.41, 5.74) is 2.11. The molecule has 7 heteroatoms. The number of aromatic amines is 1. The van der Waals surface area contributed by atoms with Gasteiger partial charge >= 0.3 is 0 Å². The number of hydrazine groups is 1. The number of carbonyl (C=O) groups is 1. The third-order valence-electron chi connectivity index (χ3n) is 2.42. The highest BCUT2D eigenvalue weighted by Gasteiger charge is 2.30. The van der Waals surface area contributed by atoms with Gasteiger partial charge in [-0.25, -0.2) is 10.8 Å². The monoisotopic (exact) mass is 242 g/mol. The molecule has 0 saturated carbocycles. The average molecular weight is 242 g/mol. The molecule has 2 atom stereocenters. The third-order valence-corrected chi connectivity index (χ3v) is 3.46. The zero-order valence-electron chi connectivity index (χ0n) is 8.68. The predicted molar refractivity (Wildman–Crippen MR) is 59.5 cm³/mol. The van der Waals surface area contributed by atoms with Gasteiger partial charge in [-0.05, 0) is 12.8 Å². The molecule has 6 nitrogen and oxygen atoms in total. The average Bonchev–Trinajstić information content (AvgIpc) is 2.96. The second-order valence-corrected chi connectivity index (χ2v) is 4.55. The van der Waals surface area contributed by atoms with E-state index < -0.39 is 6.10 Å². The van der Waals surface area contributed by atoms with E-state index in [1.807, 2.05) is 0 Å². The number of aromatic nitrogens is 2. The Bertz CT molecular complexity index is 343. The molecule has 0 aromatic carbocycles. The minimum Gasteiger partial charge on any atom is -0.364 e. The molecule has 2 rings (SSSR count). The van der Waals surface area contributed by atoms with E-state index in [0.717, 1.165) is 23.8 Å². The highest BCUT2D eigenvalue weighted by molar-refractivity contribution is 7.99. The highest BCUT2D eigenvalue weighted by atomic mass is 32.2. The lowest BCUT2D eigenvalue weighted by Gasteiger charge is -2.11. The van der Waals surface area contributed by atoms with E-state index in [1.165, 1.54) is 0 Å². The second kappa shape index (κ2) is 5.33. The van der Waals surface area contributed by atoms with E-state index in [-0.39, 0.29) is 12.0 Å². The molecule has 2 unspecified atom stereocenters. The Hall–Kier alpha value is -1.05. The number of nitrogens with one attached hydrogen (secondary N) is 2. The van der Waals surface area contributed by atoms with Gasteiger partial charge in [-0.15, -0.1) is 0 Å². The number of hydrogen-bond donors (Lipinski definition) is 3. The molecule has 1 aromatic heterocycles. The van der Waals surface area contributed by atoms with Crippen LogP contribution in [-0.4, -0.2) is 33.8 Å². The topological polar surface area (TPSA) is 93.0 Å². The fourth-order valence-electron chi connectivity index (χ4n) is 1.62. The minimum atomic E-state index is -0.396. The smallest absolute Gasteiger partial charge is 0.263 e. The van der Waals surface area contributed by atoms with E-state index in [4.69, 9.17) is 10.6 Å². The maximum absolute atomic E-state index is 11.2. The standard InChI is InChI=1S/C9H14N4O2S/c10-13-8(14)7-2-1-6(15-7)5-16-9-11-3-4-12-9/h3-4,6-7H,1-2,5,10H2,(H,11,12)(H,13,14). The van der Waals surface area contributed by atoms with Crippen LogP contribution in [0.15, 0.2) is 17.6 Å². The van der Waals surface area contributed by atoms with Gasteiger partial charge in [0.1, 0.15) is 6.10 Å². The number of imidazole rings is 1. The van der Waals surface area contributed by atoms with Crippen molar-refractivity contribution in [1.29, 1.82) is 0 Å². The van der Waals surface area contributed by atoms with Crippen molar-refractivity contribution in [3.8, 4) is 0 Å². The maximum Gasteiger partial charge on any atom is 0.263 e. The van der Waals surface area contributed by atoms with Crippen molar-refractivity contribution >= 4 is 17.7 Å². The zero-order chi connectivity index (χ0) is 11.4. The summed E-state index contributed by atoms with van der Waals surface area (Å²) in [7, 11) is 0. The number of nitrogens with two attached hydrogens (primary N) is 1. The molecule has 88 valence electrons. The molecule has 1 aliphatic heterocycles. The predicted octanol–water partition coefficient (Wildman–Crippen LogP) is 0.0393. The summed E-state index contributed by atoms with van der Waals surface area (Å²) < 4.78 is 5.56. The van der Waals surface area contributed by atoms with Gasteiger partial charge in [-0.1, -0.05) is 11.8 Å². The number of amides is 1. The van der Waals surface area contributed by atoms with E-state index >= 15 is 0 Å². The molecule has 0 aliphatic carbocycles. The zero-order valence-corrected chi connectivity index (χ0v) is 9.50. The molecule has 0 spiro atoms. The van der Waals surface area contributed by atoms with Gasteiger partial charge in [-0.2, -0.15) is 0 Å². The summed E-state index contributed by atoms with van der Waals surface area (Å²) in [4.78, 5) is 18.3. The molecular formula is C9H14N4O2S. The third kappa shape index (κ3) is 2.75. The summed E-state index contributed by atoms with van der Waals surface area (Å²) in [6.07, 6.45) is 4.80. The van der Waals surface area contributed by atoms with Crippen LogP contribution in [0.4, 0.5) is 0 Å². The lowest BCUT2D eigenvalue weighted by molar-refractivity contribution is -0.131. The second-order valence-electron chi connectivity index (χ2n) is 3.54. The first-order valence-corrected chi connectivity index (χ1v) is 6.06. The quantitative estimate of drug-likeness (QED) is 0.300. The van der Waals surface area contributed by atoms with Gasteiger partial charge in [0.15, 0.2) is 5.16 Å². The molecule has 2 heterocycles. The van der Waals surface area contributed by atoms with E-state index in [1.54, 1.807) is 24.2 Å². The number of thioether (sulfide) groups is 1. The SMILES string of the molecule is NNC(=O)C1CCC(CSc2ncc[nH]2)O1. The molecule has 1 aliphatic rings. The van der Waals surface area contributed by atoms with Crippen molar-refractivity contribution in [2.24, 2.45) is 5.84 Å². The van der Waals surface area contributed by atoms with Crippen LogP contribution in [0.1, 0.15) is 12.8 Å². The van der Waals surface area contributed by atoms with Crippen LogP contribution in [0.3, 0.4) is 0 Å². The van der Waals surface area contributed by atoms with Crippen molar-refractivity contribution in [1.82, 2.24) is 15.4 Å². The fraction of sp³-hybridized carbons (Fsp3) is 0.556. The molecule has 1 fully saturated rings. The molecule has 0 radical (unpaired) electrons. The Morgan fingerprint density at radius 3 is 3.31 bits per heavy atom. The minimum absolute atomic E-state index is 0.0948. The first-order chi connectivity index (χ1) is 7.79. The van der Waals surface area contributed by atoms with Crippen LogP contribution < -0.4 is 11.3 Å². The Morgan fingerprint density at radius 2 is 2.62 bits per heavy atom. The summed E-state index contributed by atoms with van der Waals surface area (Å²) in [5, 5.41) is 0.871. The molecular weight excluding hydrogens is 228 g/mol. The highest BCUT2D eigenvalue weighted by Crippen LogP contribution is 2.24. The molecule has 16 heavy (non-hydrogen) atoms. The van der Waals surface area contributed by atoms with Gasteiger partial charge in [-0.3, -0.25) is 10.2 Å². The van der Waals surface area contributed by atoms with E-state index in [0.29, 0.717) is 0 Å². The number of ether oxygens (including phenoxy) is 1. The Labute approximate surface area is 97.3 Å². The Morgan fingerprint density at radius 1 is 1.75 bits per heavy atom. The first kappa shape index (κ1) is 11.4. The fourth-order valence-corrected chi connectivity index (χ4v) is 2.49. The van der Waals surface area contributed by atoms with Crippen molar-refractivity contribution in [2.75, 3.05) is 5.75 Å². The number of carbonyl (C=O) groups excluding carboxylic acids is 1. The lowest BCUT2D eigenvalue weighted by Crippen LogP contribution is -2.39. The van der Waals surface area contributed by atoms with Crippen molar-refractivity contribution in [2.45, 2.75) is 30.2 Å². The van der Waals surface area contributed by atoms with Crippen LogP contribution >= 0.6 is 11.8 Å². The van der Waals surface area contributed by atoms with Gasteiger partial charge in [0.05, 0.1) is 6.10 Å². The molecule has 0 bridgehead atoms. The van der Waals surface area contributed by atoms with E-state index in [9.17, 15) is 4.79 Å². The number of rotatable bonds is 4. The molecule has 1 saturated heterocycles. The number of nitrogens with zero attached hydrogens (tertiary/aromatic N) is 1. The van der Waals surface area contributed by atoms with Gasteiger partial charge in [0.2, 0.25) is 0 Å². The van der Waals surface area contributed by atoms with Crippen molar-refractivity contribution in [3.63, 3.8) is 0 Å². The van der Waals surface area contributed by atoms with Crippen molar-refractivity contribution < 1.29 is 9.53 Å². The van der Waals surface area contributed by atoms with Crippen LogP contribution in [0.2, 0.25) is 0 Å². The summed E-state index contributed by atoms with van der Waals surface area (Å²) in [6.45, 7) is 0. The van der Waals surface area contributed by atoms with Crippen LogP contribution in [0.25, 0.3) is 0 Å². The van der Waals surface area contributed by atoms with Gasteiger partial charge < -0.3 is 9.72 Å². The Balaban J connectivity index is 1.75. The van der Waals surface area contributed by atoms with Crippen LogP contribution in [-0.2, 0) is 9.53 Å². The summed E-state index contributed by atoms with van der Waals surface area (Å²) in [5.74, 6) is 5.60. The Kier molecular flexibility index (Phi) is 3.81. The van der Waals surface area contributed by atoms with Gasteiger partial charge in [0.25, 0.3) is 5.91 Å². The number of hydrogen-bond acceptors (Lipinski definition) is 5. The lowest BCUT2D eigenvalue weighted by atomic mass is 10.2. The normalized spacial score (nSPS) is 24.6. The molecule has 1 aromatic rings. The molecule has 1 amide bonds. The van der Waals surface area contributed by atoms with Gasteiger partial charge in [0, 0.05) is 18.1 Å². The first-order valence-electron chi connectivity index (χ1n) is 5.07. The largest absolute Gasteiger partial charge is 0.364 e. The number of H-pyrrole nitrogens is 1. The summed E-state index contributed by atoms with van der Waals surface area (Å²) >= 11 is 1.59. The van der Waals surface area contributed by atoms with E-state index in [2.05, 4.69) is 15.4 Å². The van der Waals surface area contributed by atoms with Crippen molar-refractivity contribution in [3.05, 3.63) is 12.4 Å². The van der Waals surface area contributed by atoms with Crippen LogP contribution in [0.5, 0.6) is 0 Å². The summed E-state index contributed by atoms with van der Waals surface area (Å²) in [6, 6.07) is 0. The van der Waals surface area contributed by atoms with Crippen LogP contribution in [0, 0.1) is 0 Å².